The number of aromatic nitrogens is 1. The van der Waals surface area contributed by atoms with Gasteiger partial charge in [-0.2, -0.15) is 0 Å². The van der Waals surface area contributed by atoms with E-state index in [1.165, 1.54) is 9.90 Å². The number of thiophene rings is 1. The molecule has 23 heavy (non-hydrogen) atoms. The van der Waals surface area contributed by atoms with E-state index in [9.17, 15) is 4.79 Å². The minimum atomic E-state index is 0.149. The number of carbonyl (C=O) groups is 1. The van der Waals surface area contributed by atoms with E-state index in [2.05, 4.69) is 27.4 Å². The molecule has 120 valence electrons. The molecule has 1 spiro atoms. The largest absolute Gasteiger partial charge is 0.303 e. The molecule has 2 aromatic heterocycles. The van der Waals surface area contributed by atoms with Crippen molar-refractivity contribution in [1.82, 2.24) is 9.88 Å². The van der Waals surface area contributed by atoms with Crippen LogP contribution in [0.4, 0.5) is 0 Å². The lowest BCUT2D eigenvalue weighted by Gasteiger charge is -2.42. The number of pyridine rings is 1. The molecular formula is C18H20N2OS2. The first kappa shape index (κ1) is 15.4. The van der Waals surface area contributed by atoms with Crippen LogP contribution in [0.25, 0.3) is 0 Å². The average molecular weight is 345 g/mol. The molecule has 3 nitrogen and oxygen atoms in total. The van der Waals surface area contributed by atoms with Crippen molar-refractivity contribution < 1.29 is 4.79 Å². The Balaban J connectivity index is 1.35. The highest BCUT2D eigenvalue weighted by Crippen LogP contribution is 2.50. The van der Waals surface area contributed by atoms with Crippen LogP contribution in [0.15, 0.2) is 40.1 Å². The summed E-state index contributed by atoms with van der Waals surface area (Å²) >= 11 is 3.69. The maximum absolute atomic E-state index is 12.4. The van der Waals surface area contributed by atoms with E-state index in [4.69, 9.17) is 0 Å². The molecule has 0 aromatic carbocycles. The first-order valence-electron chi connectivity index (χ1n) is 8.16. The summed E-state index contributed by atoms with van der Waals surface area (Å²) in [6.45, 7) is 3.25. The van der Waals surface area contributed by atoms with Crippen LogP contribution in [-0.4, -0.2) is 40.0 Å². The van der Waals surface area contributed by atoms with Gasteiger partial charge >= 0.3 is 0 Å². The zero-order valence-corrected chi connectivity index (χ0v) is 14.7. The highest BCUT2D eigenvalue weighted by Gasteiger charge is 2.42. The van der Waals surface area contributed by atoms with Gasteiger partial charge in [0.25, 0.3) is 0 Å². The first-order valence-corrected chi connectivity index (χ1v) is 9.86. The normalized spacial score (nSPS) is 20.6. The third-order valence-electron chi connectivity index (χ3n) is 4.90. The van der Waals surface area contributed by atoms with Crippen LogP contribution in [0, 0.1) is 0 Å². The van der Waals surface area contributed by atoms with Gasteiger partial charge in [-0.05, 0) is 49.5 Å². The van der Waals surface area contributed by atoms with Crippen molar-refractivity contribution in [2.45, 2.75) is 34.6 Å². The minimum Gasteiger partial charge on any atom is -0.303 e. The summed E-state index contributed by atoms with van der Waals surface area (Å²) in [5.74, 6) is 0.349. The number of piperidine rings is 1. The molecule has 0 unspecified atom stereocenters. The number of hydrogen-bond donors (Lipinski definition) is 0. The highest BCUT2D eigenvalue weighted by molar-refractivity contribution is 8.02. The maximum atomic E-state index is 12.4. The Hall–Kier alpha value is -1.17. The van der Waals surface area contributed by atoms with Gasteiger partial charge in [0.05, 0.1) is 4.21 Å². The summed E-state index contributed by atoms with van der Waals surface area (Å²) in [5, 5.41) is 2.05. The number of fused-ring (bicyclic) bond motifs is 1. The van der Waals surface area contributed by atoms with Gasteiger partial charge in [-0.25, -0.2) is 0 Å². The molecule has 0 amide bonds. The van der Waals surface area contributed by atoms with Crippen LogP contribution >= 0.6 is 23.1 Å². The number of Topliss-reactive ketones (excluding diaryl/α,β-unsaturated/α-hetero) is 1. The van der Waals surface area contributed by atoms with Crippen molar-refractivity contribution in [2.24, 2.45) is 0 Å². The Morgan fingerprint density at radius 3 is 2.87 bits per heavy atom. The van der Waals surface area contributed by atoms with E-state index in [0.717, 1.165) is 50.9 Å². The summed E-state index contributed by atoms with van der Waals surface area (Å²) in [6, 6.07) is 8.10. The molecule has 4 heterocycles. The molecule has 0 aliphatic carbocycles. The second kappa shape index (κ2) is 6.38. The molecule has 0 saturated carbocycles. The van der Waals surface area contributed by atoms with E-state index in [0.29, 0.717) is 5.78 Å². The fraction of sp³-hybridized carbons (Fsp3) is 0.444. The third-order valence-corrected chi connectivity index (χ3v) is 7.54. The van der Waals surface area contributed by atoms with E-state index < -0.39 is 0 Å². The number of hydrogen-bond acceptors (Lipinski definition) is 5. The van der Waals surface area contributed by atoms with Gasteiger partial charge < -0.3 is 4.90 Å². The quantitative estimate of drug-likeness (QED) is 0.845. The third kappa shape index (κ3) is 3.23. The second-order valence-corrected chi connectivity index (χ2v) is 9.07. The predicted octanol–water partition coefficient (Wildman–Crippen LogP) is 3.90. The van der Waals surface area contributed by atoms with Crippen molar-refractivity contribution in [1.29, 1.82) is 0 Å². The number of ketones is 1. The van der Waals surface area contributed by atoms with Gasteiger partial charge in [-0.1, -0.05) is 6.07 Å². The Labute approximate surface area is 145 Å². The average Bonchev–Trinajstić information content (AvgIpc) is 3.04. The molecule has 0 radical (unpaired) electrons. The van der Waals surface area contributed by atoms with E-state index in [1.54, 1.807) is 11.3 Å². The van der Waals surface area contributed by atoms with Gasteiger partial charge in [0.2, 0.25) is 0 Å². The Bertz CT molecular complexity index is 690. The molecule has 1 saturated heterocycles. The van der Waals surface area contributed by atoms with Crippen LogP contribution in [0.3, 0.4) is 0 Å². The summed E-state index contributed by atoms with van der Waals surface area (Å²) in [6.07, 6.45) is 5.82. The molecule has 0 N–H and O–H groups in total. The highest BCUT2D eigenvalue weighted by atomic mass is 32.2. The molecule has 4 rings (SSSR count). The summed E-state index contributed by atoms with van der Waals surface area (Å²) in [4.78, 5) is 19.3. The number of thioether (sulfide) groups is 1. The van der Waals surface area contributed by atoms with Crippen LogP contribution in [-0.2, 0) is 6.42 Å². The minimum absolute atomic E-state index is 0.149. The smallest absolute Gasteiger partial charge is 0.166 e. The van der Waals surface area contributed by atoms with E-state index >= 15 is 0 Å². The SMILES string of the molecule is O=C1CC2(CCN(CCc3ccccn3)CC2)Sc2sccc21. The van der Waals surface area contributed by atoms with Crippen molar-refractivity contribution in [3.8, 4) is 0 Å². The number of carbonyl (C=O) groups excluding carboxylic acids is 1. The summed E-state index contributed by atoms with van der Waals surface area (Å²) in [7, 11) is 0. The van der Waals surface area contributed by atoms with Gasteiger partial charge in [0, 0.05) is 41.6 Å². The first-order chi connectivity index (χ1) is 11.2. The Kier molecular flexibility index (Phi) is 4.26. The van der Waals surface area contributed by atoms with Crippen LogP contribution in [0.2, 0.25) is 0 Å². The topological polar surface area (TPSA) is 33.2 Å². The fourth-order valence-electron chi connectivity index (χ4n) is 3.48. The second-order valence-electron chi connectivity index (χ2n) is 6.42. The number of likely N-dealkylation sites (tertiary alicyclic amines) is 1. The molecule has 2 aromatic rings. The summed E-state index contributed by atoms with van der Waals surface area (Å²) in [5.41, 5.74) is 2.13. The van der Waals surface area contributed by atoms with Crippen molar-refractivity contribution in [2.75, 3.05) is 19.6 Å². The van der Waals surface area contributed by atoms with Crippen molar-refractivity contribution >= 4 is 28.9 Å². The molecule has 5 heteroatoms. The van der Waals surface area contributed by atoms with Crippen molar-refractivity contribution in [3.63, 3.8) is 0 Å². The standard InChI is InChI=1S/C18H20N2OS2/c21-16-13-18(23-17-15(16)5-12-22-17)6-10-20(11-7-18)9-4-14-3-1-2-8-19-14/h1-3,5,8,12H,4,6-7,9-11,13H2. The summed E-state index contributed by atoms with van der Waals surface area (Å²) < 4.78 is 1.39. The fourth-order valence-corrected chi connectivity index (χ4v) is 6.28. The molecule has 0 atom stereocenters. The van der Waals surface area contributed by atoms with Crippen LogP contribution in [0.5, 0.6) is 0 Å². The lowest BCUT2D eigenvalue weighted by molar-refractivity contribution is 0.0939. The molecule has 2 aliphatic heterocycles. The number of nitrogens with zero attached hydrogens (tertiary/aromatic N) is 2. The Morgan fingerprint density at radius 1 is 1.22 bits per heavy atom. The van der Waals surface area contributed by atoms with Gasteiger partial charge in [-0.3, -0.25) is 9.78 Å². The molecule has 1 fully saturated rings. The van der Waals surface area contributed by atoms with Gasteiger partial charge in [-0.15, -0.1) is 23.1 Å². The zero-order chi connectivity index (χ0) is 15.7. The molecule has 0 bridgehead atoms. The van der Waals surface area contributed by atoms with Crippen LogP contribution < -0.4 is 0 Å². The Morgan fingerprint density at radius 2 is 2.09 bits per heavy atom. The predicted molar refractivity (Wildman–Crippen MR) is 95.5 cm³/mol. The lowest BCUT2D eigenvalue weighted by Crippen LogP contribution is -2.45. The van der Waals surface area contributed by atoms with Gasteiger partial charge in [0.15, 0.2) is 5.78 Å². The molecular weight excluding hydrogens is 324 g/mol. The maximum Gasteiger partial charge on any atom is 0.166 e. The van der Waals surface area contributed by atoms with Gasteiger partial charge in [0.1, 0.15) is 0 Å². The van der Waals surface area contributed by atoms with E-state index in [1.807, 2.05) is 30.1 Å². The van der Waals surface area contributed by atoms with Crippen molar-refractivity contribution in [3.05, 3.63) is 47.1 Å². The van der Waals surface area contributed by atoms with Crippen LogP contribution in [0.1, 0.15) is 35.3 Å². The van der Waals surface area contributed by atoms with E-state index in [-0.39, 0.29) is 4.75 Å². The molecule has 2 aliphatic rings. The number of rotatable bonds is 3. The monoisotopic (exact) mass is 344 g/mol. The zero-order valence-electron chi connectivity index (χ0n) is 13.0. The lowest BCUT2D eigenvalue weighted by atomic mass is 9.88.